The minimum absolute atomic E-state index is 0.0565. The van der Waals surface area contributed by atoms with Gasteiger partial charge in [-0.3, -0.25) is 28.8 Å². The van der Waals surface area contributed by atoms with E-state index < -0.39 is 23.1 Å². The van der Waals surface area contributed by atoms with Crippen molar-refractivity contribution >= 4 is 46.3 Å². The average molecular weight is 751 g/mol. The van der Waals surface area contributed by atoms with Gasteiger partial charge in [-0.25, -0.2) is 0 Å². The van der Waals surface area contributed by atoms with Gasteiger partial charge in [0.15, 0.2) is 23.1 Å². The van der Waals surface area contributed by atoms with Crippen LogP contribution in [0.1, 0.15) is 173 Å². The summed E-state index contributed by atoms with van der Waals surface area (Å²) in [6.07, 6.45) is 16.2. The molecule has 0 spiro atoms. The Labute approximate surface area is 328 Å². The van der Waals surface area contributed by atoms with Crippen LogP contribution in [-0.4, -0.2) is 34.9 Å². The Morgan fingerprint density at radius 1 is 0.482 bits per heavy atom. The molecular weight excluding hydrogens is 701 g/mol. The Morgan fingerprint density at radius 2 is 0.893 bits per heavy atom. The van der Waals surface area contributed by atoms with E-state index in [1.807, 2.05) is 0 Å². The molecule has 8 heteroatoms. The van der Waals surface area contributed by atoms with E-state index in [0.717, 1.165) is 51.4 Å². The summed E-state index contributed by atoms with van der Waals surface area (Å²) in [5, 5.41) is 5.92. The molecule has 4 aromatic rings. The molecule has 2 amide bonds. The molecule has 1 fully saturated rings. The van der Waals surface area contributed by atoms with Crippen LogP contribution in [0.15, 0.2) is 72.8 Å². The lowest BCUT2D eigenvalue weighted by atomic mass is 9.75. The number of benzene rings is 4. The molecule has 0 heterocycles. The van der Waals surface area contributed by atoms with Crippen molar-refractivity contribution in [1.82, 2.24) is 0 Å². The molecule has 0 saturated heterocycles. The lowest BCUT2D eigenvalue weighted by Gasteiger charge is -2.27. The van der Waals surface area contributed by atoms with Gasteiger partial charge in [0.05, 0.1) is 22.5 Å². The molecule has 0 aliphatic heterocycles. The van der Waals surface area contributed by atoms with Crippen molar-refractivity contribution in [1.29, 1.82) is 0 Å². The SMILES string of the molecule is CCCCCCCCCCCCC(=O)Nc1ccc(-c2ccc(NC(=O)C3CCCCC3)c3c2C(=O)c2ccccc2C3=O)c2c1C(=O)c1ccccc1C2=O. The fourth-order valence-corrected chi connectivity index (χ4v) is 8.69. The van der Waals surface area contributed by atoms with Crippen LogP contribution in [0.3, 0.4) is 0 Å². The summed E-state index contributed by atoms with van der Waals surface area (Å²) in [6.45, 7) is 2.22. The first-order chi connectivity index (χ1) is 27.3. The van der Waals surface area contributed by atoms with Crippen LogP contribution in [0, 0.1) is 5.92 Å². The maximum absolute atomic E-state index is 14.5. The molecule has 3 aliphatic carbocycles. The summed E-state index contributed by atoms with van der Waals surface area (Å²) >= 11 is 0. The first-order valence-corrected chi connectivity index (χ1v) is 20.6. The largest absolute Gasteiger partial charge is 0.325 e. The van der Waals surface area contributed by atoms with Gasteiger partial charge in [0, 0.05) is 45.7 Å². The number of ketones is 4. The second kappa shape index (κ2) is 17.5. The Kier molecular flexibility index (Phi) is 12.1. The molecule has 0 atom stereocenters. The predicted molar refractivity (Wildman–Crippen MR) is 219 cm³/mol. The first kappa shape index (κ1) is 38.8. The lowest BCUT2D eigenvalue weighted by Crippen LogP contribution is -2.29. The average Bonchev–Trinajstić information content (AvgIpc) is 3.22. The van der Waals surface area contributed by atoms with Gasteiger partial charge >= 0.3 is 0 Å². The summed E-state index contributed by atoms with van der Waals surface area (Å²) < 4.78 is 0. The maximum atomic E-state index is 14.5. The quantitative estimate of drug-likeness (QED) is 0.101. The number of rotatable bonds is 15. The number of hydrogen-bond donors (Lipinski definition) is 2. The number of fused-ring (bicyclic) bond motifs is 4. The van der Waals surface area contributed by atoms with Gasteiger partial charge in [0.25, 0.3) is 0 Å². The van der Waals surface area contributed by atoms with Crippen LogP contribution >= 0.6 is 0 Å². The van der Waals surface area contributed by atoms with Crippen molar-refractivity contribution < 1.29 is 28.8 Å². The Morgan fingerprint density at radius 3 is 1.36 bits per heavy atom. The molecule has 0 aromatic heterocycles. The highest BCUT2D eigenvalue weighted by atomic mass is 16.2. The number of carbonyl (C=O) groups excluding carboxylic acids is 6. The number of anilines is 2. The van der Waals surface area contributed by atoms with Gasteiger partial charge in [-0.2, -0.15) is 0 Å². The van der Waals surface area contributed by atoms with Crippen LogP contribution in [0.25, 0.3) is 11.1 Å². The van der Waals surface area contributed by atoms with E-state index >= 15 is 0 Å². The third kappa shape index (κ3) is 7.79. The van der Waals surface area contributed by atoms with Gasteiger partial charge in [-0.1, -0.05) is 145 Å². The van der Waals surface area contributed by atoms with Gasteiger partial charge in [-0.15, -0.1) is 0 Å². The summed E-state index contributed by atoms with van der Waals surface area (Å²) in [5.41, 5.74) is 2.21. The van der Waals surface area contributed by atoms with Crippen LogP contribution in [0.5, 0.6) is 0 Å². The molecule has 4 aromatic carbocycles. The number of unbranched alkanes of at least 4 members (excludes halogenated alkanes) is 9. The van der Waals surface area contributed by atoms with E-state index in [-0.39, 0.29) is 80.0 Å². The van der Waals surface area contributed by atoms with E-state index in [1.54, 1.807) is 72.8 Å². The van der Waals surface area contributed by atoms with Crippen molar-refractivity contribution in [2.45, 2.75) is 110 Å². The molecule has 3 aliphatic rings. The van der Waals surface area contributed by atoms with E-state index in [1.165, 1.54) is 38.5 Å². The Hall–Kier alpha value is -5.50. The van der Waals surface area contributed by atoms with Crippen molar-refractivity contribution in [3.63, 3.8) is 0 Å². The minimum Gasteiger partial charge on any atom is -0.325 e. The van der Waals surface area contributed by atoms with Crippen LogP contribution in [0.4, 0.5) is 11.4 Å². The van der Waals surface area contributed by atoms with Crippen molar-refractivity contribution in [2.75, 3.05) is 10.6 Å². The van der Waals surface area contributed by atoms with Crippen molar-refractivity contribution in [2.24, 2.45) is 5.92 Å². The Bertz CT molecular complexity index is 2210. The molecular formula is C48H50N2O6. The zero-order chi connectivity index (χ0) is 39.2. The Balaban J connectivity index is 1.23. The third-order valence-electron chi connectivity index (χ3n) is 11.7. The molecule has 8 nitrogen and oxygen atoms in total. The van der Waals surface area contributed by atoms with Crippen molar-refractivity contribution in [3.8, 4) is 11.1 Å². The number of carbonyl (C=O) groups is 6. The molecule has 2 N–H and O–H groups in total. The molecule has 7 rings (SSSR count). The highest BCUT2D eigenvalue weighted by Gasteiger charge is 2.39. The third-order valence-corrected chi connectivity index (χ3v) is 11.7. The zero-order valence-electron chi connectivity index (χ0n) is 32.3. The fraction of sp³-hybridized carbons (Fsp3) is 0.375. The highest BCUT2D eigenvalue weighted by molar-refractivity contribution is 6.35. The molecule has 0 bridgehead atoms. The van der Waals surface area contributed by atoms with Crippen LogP contribution < -0.4 is 10.6 Å². The standard InChI is InChI=1S/C48H50N2O6/c1-2-3-4-5-6-7-8-9-10-14-25-39(51)49-37-28-26-31(40-42(37)46(54)35-23-17-15-21-33(35)44(40)52)32-27-29-38(50-48(56)30-19-12-11-13-20-30)43-41(32)45(53)34-22-16-18-24-36(34)47(43)55/h15-18,21-24,26-30H,2-14,19-20,25H2,1H3,(H,49,51)(H,50,56). The molecule has 56 heavy (non-hydrogen) atoms. The van der Waals surface area contributed by atoms with E-state index in [9.17, 15) is 28.8 Å². The highest BCUT2D eigenvalue weighted by Crippen LogP contribution is 2.44. The van der Waals surface area contributed by atoms with E-state index in [2.05, 4.69) is 17.6 Å². The smallest absolute Gasteiger partial charge is 0.227 e. The molecule has 1 saturated carbocycles. The lowest BCUT2D eigenvalue weighted by molar-refractivity contribution is -0.120. The van der Waals surface area contributed by atoms with Gasteiger partial charge in [0.1, 0.15) is 0 Å². The predicted octanol–water partition coefficient (Wildman–Crippen LogP) is 10.7. The number of hydrogen-bond acceptors (Lipinski definition) is 6. The maximum Gasteiger partial charge on any atom is 0.227 e. The van der Waals surface area contributed by atoms with Crippen LogP contribution in [-0.2, 0) is 9.59 Å². The second-order valence-electron chi connectivity index (χ2n) is 15.5. The van der Waals surface area contributed by atoms with Gasteiger partial charge in [0.2, 0.25) is 11.8 Å². The minimum atomic E-state index is -0.422. The fourth-order valence-electron chi connectivity index (χ4n) is 8.69. The summed E-state index contributed by atoms with van der Waals surface area (Å²) in [5.74, 6) is -2.29. The van der Waals surface area contributed by atoms with Crippen molar-refractivity contribution in [3.05, 3.63) is 117 Å². The summed E-state index contributed by atoms with van der Waals surface area (Å²) in [7, 11) is 0. The van der Waals surface area contributed by atoms with E-state index in [4.69, 9.17) is 0 Å². The summed E-state index contributed by atoms with van der Waals surface area (Å²) in [6, 6.07) is 19.7. The number of nitrogens with one attached hydrogen (secondary N) is 2. The van der Waals surface area contributed by atoms with E-state index in [0.29, 0.717) is 17.5 Å². The molecule has 288 valence electrons. The first-order valence-electron chi connectivity index (χ1n) is 20.6. The second-order valence-corrected chi connectivity index (χ2v) is 15.5. The normalized spacial score (nSPS) is 14.8. The topological polar surface area (TPSA) is 126 Å². The summed E-state index contributed by atoms with van der Waals surface area (Å²) in [4.78, 5) is 84.4. The van der Waals surface area contributed by atoms with Crippen LogP contribution in [0.2, 0.25) is 0 Å². The molecule has 0 radical (unpaired) electrons. The van der Waals surface area contributed by atoms with Gasteiger partial charge < -0.3 is 10.6 Å². The monoisotopic (exact) mass is 750 g/mol. The van der Waals surface area contributed by atoms with Gasteiger partial charge in [-0.05, 0) is 42.5 Å². The number of amides is 2. The zero-order valence-corrected chi connectivity index (χ0v) is 32.3. The molecule has 0 unspecified atom stereocenters.